The lowest BCUT2D eigenvalue weighted by Crippen LogP contribution is -2.66. The van der Waals surface area contributed by atoms with Gasteiger partial charge in [0.1, 0.15) is 12.1 Å². The van der Waals surface area contributed by atoms with Crippen molar-refractivity contribution in [3.8, 4) is 0 Å². The quantitative estimate of drug-likeness (QED) is 0.837. The van der Waals surface area contributed by atoms with Crippen molar-refractivity contribution in [1.82, 2.24) is 10.2 Å². The third kappa shape index (κ3) is 2.37. The summed E-state index contributed by atoms with van der Waals surface area (Å²) in [5, 5.41) is 2.97. The van der Waals surface area contributed by atoms with Crippen LogP contribution < -0.4 is 5.32 Å². The molecule has 1 saturated heterocycles. The van der Waals surface area contributed by atoms with E-state index in [9.17, 15) is 9.59 Å². The molecule has 0 bridgehead atoms. The third-order valence-corrected chi connectivity index (χ3v) is 4.83. The Bertz CT molecular complexity index is 410. The molecule has 2 unspecified atom stereocenters. The Labute approximate surface area is 114 Å². The molecule has 4 heteroatoms. The van der Waals surface area contributed by atoms with Crippen molar-refractivity contribution in [2.45, 2.75) is 58.5 Å². The van der Waals surface area contributed by atoms with E-state index in [-0.39, 0.29) is 35.2 Å². The minimum Gasteiger partial charge on any atom is -0.342 e. The molecular weight excluding hydrogens is 240 g/mol. The summed E-state index contributed by atoms with van der Waals surface area (Å²) in [6.07, 6.45) is 4.51. The molecule has 0 radical (unpaired) electrons. The van der Waals surface area contributed by atoms with Gasteiger partial charge in [-0.3, -0.25) is 9.59 Å². The van der Waals surface area contributed by atoms with Crippen LogP contribution >= 0.6 is 0 Å². The van der Waals surface area contributed by atoms with Gasteiger partial charge in [-0.2, -0.15) is 0 Å². The van der Waals surface area contributed by atoms with Gasteiger partial charge in [0.15, 0.2) is 0 Å². The number of nitrogens with one attached hydrogen (secondary N) is 1. The predicted octanol–water partition coefficient (Wildman–Crippen LogP) is 1.55. The summed E-state index contributed by atoms with van der Waals surface area (Å²) in [5.74, 6) is 0.773. The zero-order valence-electron chi connectivity index (χ0n) is 12.1. The normalized spacial score (nSPS) is 33.6. The van der Waals surface area contributed by atoms with Crippen LogP contribution in [-0.4, -0.2) is 35.3 Å². The van der Waals surface area contributed by atoms with E-state index in [1.807, 2.05) is 18.7 Å². The summed E-state index contributed by atoms with van der Waals surface area (Å²) in [7, 11) is 0. The molecule has 0 aromatic heterocycles. The molecule has 0 aromatic rings. The molecule has 1 heterocycles. The average Bonchev–Trinajstić information content (AvgIpc) is 3.20. The van der Waals surface area contributed by atoms with Crippen LogP contribution in [0.1, 0.15) is 46.5 Å². The fourth-order valence-electron chi connectivity index (χ4n) is 3.13. The lowest BCUT2D eigenvalue weighted by atomic mass is 9.93. The van der Waals surface area contributed by atoms with Crippen molar-refractivity contribution >= 4 is 11.8 Å². The molecule has 106 valence electrons. The molecule has 2 atom stereocenters. The number of carbonyl (C=O) groups is 2. The van der Waals surface area contributed by atoms with Gasteiger partial charge >= 0.3 is 0 Å². The minimum absolute atomic E-state index is 0.0516. The number of carbonyl (C=O) groups excluding carboxylic acids is 2. The second kappa shape index (κ2) is 4.22. The van der Waals surface area contributed by atoms with E-state index in [1.165, 1.54) is 12.8 Å². The van der Waals surface area contributed by atoms with Crippen LogP contribution in [0.25, 0.3) is 0 Å². The highest BCUT2D eigenvalue weighted by Crippen LogP contribution is 2.47. The van der Waals surface area contributed by atoms with Gasteiger partial charge < -0.3 is 10.2 Å². The standard InChI is InChI=1S/C15H24N2O2/c1-9(2)12-13(18)16-11(10-4-5-10)14(19)17(12)8-15(3)6-7-15/h9-12H,4-8H2,1-3H3,(H,16,18). The minimum atomic E-state index is -0.278. The summed E-state index contributed by atoms with van der Waals surface area (Å²) < 4.78 is 0. The van der Waals surface area contributed by atoms with Crippen LogP contribution in [0, 0.1) is 17.3 Å². The summed E-state index contributed by atoms with van der Waals surface area (Å²) in [5.41, 5.74) is 0.258. The zero-order chi connectivity index (χ0) is 13.8. The largest absolute Gasteiger partial charge is 0.342 e. The lowest BCUT2D eigenvalue weighted by molar-refractivity contribution is -0.152. The molecule has 19 heavy (non-hydrogen) atoms. The van der Waals surface area contributed by atoms with E-state index in [0.29, 0.717) is 5.92 Å². The van der Waals surface area contributed by atoms with Crippen molar-refractivity contribution in [3.63, 3.8) is 0 Å². The van der Waals surface area contributed by atoms with Gasteiger partial charge in [-0.25, -0.2) is 0 Å². The fourth-order valence-corrected chi connectivity index (χ4v) is 3.13. The molecule has 2 saturated carbocycles. The van der Waals surface area contributed by atoms with E-state index >= 15 is 0 Å². The number of piperazine rings is 1. The molecule has 3 aliphatic rings. The van der Waals surface area contributed by atoms with Gasteiger partial charge in [0, 0.05) is 6.54 Å². The Morgan fingerprint density at radius 3 is 2.42 bits per heavy atom. The Morgan fingerprint density at radius 1 is 1.32 bits per heavy atom. The molecule has 1 aliphatic heterocycles. The topological polar surface area (TPSA) is 49.4 Å². The van der Waals surface area contributed by atoms with E-state index in [4.69, 9.17) is 0 Å². The number of hydrogen-bond acceptors (Lipinski definition) is 2. The van der Waals surface area contributed by atoms with Crippen LogP contribution in [0.2, 0.25) is 0 Å². The maximum absolute atomic E-state index is 12.7. The van der Waals surface area contributed by atoms with E-state index in [1.54, 1.807) is 0 Å². The van der Waals surface area contributed by atoms with Crippen molar-refractivity contribution < 1.29 is 9.59 Å². The highest BCUT2D eigenvalue weighted by Gasteiger charge is 2.50. The summed E-state index contributed by atoms with van der Waals surface area (Å²) in [6, 6.07) is -0.523. The van der Waals surface area contributed by atoms with Gasteiger partial charge in [-0.05, 0) is 42.9 Å². The predicted molar refractivity (Wildman–Crippen MR) is 72.3 cm³/mol. The van der Waals surface area contributed by atoms with Gasteiger partial charge in [-0.1, -0.05) is 20.8 Å². The maximum atomic E-state index is 12.7. The third-order valence-electron chi connectivity index (χ3n) is 4.83. The molecule has 0 spiro atoms. The van der Waals surface area contributed by atoms with Crippen molar-refractivity contribution in [2.75, 3.05) is 6.54 Å². The zero-order valence-corrected chi connectivity index (χ0v) is 12.1. The first-order valence-corrected chi connectivity index (χ1v) is 7.52. The molecule has 3 fully saturated rings. The molecular formula is C15H24N2O2. The lowest BCUT2D eigenvalue weighted by Gasteiger charge is -2.42. The molecule has 2 aliphatic carbocycles. The monoisotopic (exact) mass is 264 g/mol. The molecule has 4 nitrogen and oxygen atoms in total. The van der Waals surface area contributed by atoms with Crippen LogP contribution in [0.4, 0.5) is 0 Å². The van der Waals surface area contributed by atoms with Gasteiger partial charge in [0.25, 0.3) is 0 Å². The maximum Gasteiger partial charge on any atom is 0.246 e. The number of rotatable bonds is 4. The second-order valence-electron chi connectivity index (χ2n) is 7.29. The average molecular weight is 264 g/mol. The molecule has 3 rings (SSSR count). The highest BCUT2D eigenvalue weighted by molar-refractivity contribution is 5.97. The van der Waals surface area contributed by atoms with Crippen LogP contribution in [0.5, 0.6) is 0 Å². The number of nitrogens with zero attached hydrogens (tertiary/aromatic N) is 1. The summed E-state index contributed by atoms with van der Waals surface area (Å²) in [4.78, 5) is 26.9. The SMILES string of the molecule is CC(C)C1C(=O)NC(C2CC2)C(=O)N1CC1(C)CC1. The molecule has 2 amide bonds. The van der Waals surface area contributed by atoms with Crippen molar-refractivity contribution in [3.05, 3.63) is 0 Å². The molecule has 1 N–H and O–H groups in total. The van der Waals surface area contributed by atoms with Gasteiger partial charge in [0.05, 0.1) is 0 Å². The second-order valence-corrected chi connectivity index (χ2v) is 7.29. The van der Waals surface area contributed by atoms with E-state index in [2.05, 4.69) is 12.2 Å². The van der Waals surface area contributed by atoms with Crippen LogP contribution in [0.3, 0.4) is 0 Å². The van der Waals surface area contributed by atoms with E-state index < -0.39 is 0 Å². The smallest absolute Gasteiger partial charge is 0.246 e. The highest BCUT2D eigenvalue weighted by atomic mass is 16.2. The van der Waals surface area contributed by atoms with E-state index in [0.717, 1.165) is 19.4 Å². The van der Waals surface area contributed by atoms with Crippen LogP contribution in [0.15, 0.2) is 0 Å². The van der Waals surface area contributed by atoms with Gasteiger partial charge in [0.2, 0.25) is 11.8 Å². The number of amides is 2. The first kappa shape index (κ1) is 12.9. The Kier molecular flexibility index (Phi) is 2.88. The molecule has 0 aromatic carbocycles. The Balaban J connectivity index is 1.83. The summed E-state index contributed by atoms with van der Waals surface area (Å²) in [6.45, 7) is 7.02. The van der Waals surface area contributed by atoms with Crippen LogP contribution in [-0.2, 0) is 9.59 Å². The van der Waals surface area contributed by atoms with Gasteiger partial charge in [-0.15, -0.1) is 0 Å². The first-order valence-electron chi connectivity index (χ1n) is 7.52. The Morgan fingerprint density at radius 2 is 1.95 bits per heavy atom. The van der Waals surface area contributed by atoms with Crippen molar-refractivity contribution in [1.29, 1.82) is 0 Å². The number of hydrogen-bond donors (Lipinski definition) is 1. The first-order chi connectivity index (χ1) is 8.91. The summed E-state index contributed by atoms with van der Waals surface area (Å²) >= 11 is 0. The Hall–Kier alpha value is -1.06. The fraction of sp³-hybridized carbons (Fsp3) is 0.867. The van der Waals surface area contributed by atoms with Crippen molar-refractivity contribution in [2.24, 2.45) is 17.3 Å².